The van der Waals surface area contributed by atoms with Crippen molar-refractivity contribution >= 4 is 23.4 Å². The van der Waals surface area contributed by atoms with Crippen LogP contribution in [0.15, 0.2) is 34.1 Å². The van der Waals surface area contributed by atoms with Crippen LogP contribution < -0.4 is 15.9 Å². The van der Waals surface area contributed by atoms with E-state index in [9.17, 15) is 9.59 Å². The zero-order valence-corrected chi connectivity index (χ0v) is 17.7. The third-order valence-corrected chi connectivity index (χ3v) is 5.95. The van der Waals surface area contributed by atoms with E-state index in [1.165, 1.54) is 16.7 Å². The van der Waals surface area contributed by atoms with Crippen LogP contribution in [0.25, 0.3) is 0 Å². The summed E-state index contributed by atoms with van der Waals surface area (Å²) in [6.45, 7) is 3.57. The maximum absolute atomic E-state index is 12.6. The highest BCUT2D eigenvalue weighted by molar-refractivity contribution is 8.00. The van der Waals surface area contributed by atoms with Crippen LogP contribution in [0.3, 0.4) is 0 Å². The molecule has 0 saturated carbocycles. The summed E-state index contributed by atoms with van der Waals surface area (Å²) in [5.74, 6) is 0.168. The Hall–Kier alpha value is -2.12. The molecule has 0 bridgehead atoms. The van der Waals surface area contributed by atoms with E-state index >= 15 is 0 Å². The number of nitrogens with one attached hydrogen (secondary N) is 2. The maximum atomic E-state index is 12.6. The Morgan fingerprint density at radius 3 is 2.82 bits per heavy atom. The smallest absolute Gasteiger partial charge is 0.338 e. The molecule has 1 aromatic carbocycles. The molecule has 3 rings (SSSR count). The third-order valence-electron chi connectivity index (χ3n) is 4.93. The van der Waals surface area contributed by atoms with Crippen molar-refractivity contribution in [3.8, 4) is 0 Å². The number of benzene rings is 1. The molecule has 7 heteroatoms. The van der Waals surface area contributed by atoms with Gasteiger partial charge in [-0.3, -0.25) is 9.36 Å². The Balaban J connectivity index is 1.74. The van der Waals surface area contributed by atoms with Crippen molar-refractivity contribution in [3.63, 3.8) is 0 Å². The van der Waals surface area contributed by atoms with Gasteiger partial charge in [-0.2, -0.15) is 4.98 Å². The lowest BCUT2D eigenvalue weighted by Gasteiger charge is -2.23. The van der Waals surface area contributed by atoms with Gasteiger partial charge in [-0.1, -0.05) is 23.9 Å². The number of thioether (sulfide) groups is 1. The van der Waals surface area contributed by atoms with E-state index in [0.29, 0.717) is 6.54 Å². The summed E-state index contributed by atoms with van der Waals surface area (Å²) in [4.78, 5) is 30.6. The highest BCUT2D eigenvalue weighted by Gasteiger charge is 2.21. The van der Waals surface area contributed by atoms with Crippen molar-refractivity contribution in [1.29, 1.82) is 0 Å². The Labute approximate surface area is 170 Å². The highest BCUT2D eigenvalue weighted by atomic mass is 32.2. The SMILES string of the molecule is Cc1cccc(NC(=O)CSc2nc(=O)n(CC[NH+](C)C)c3c2CCCC3)c1. The van der Waals surface area contributed by atoms with Crippen LogP contribution in [0.4, 0.5) is 5.69 Å². The van der Waals surface area contributed by atoms with Crippen molar-refractivity contribution in [2.24, 2.45) is 0 Å². The summed E-state index contributed by atoms with van der Waals surface area (Å²) in [7, 11) is 4.17. The van der Waals surface area contributed by atoms with E-state index in [-0.39, 0.29) is 17.3 Å². The summed E-state index contributed by atoms with van der Waals surface area (Å²) in [6, 6.07) is 7.73. The fraction of sp³-hybridized carbons (Fsp3) is 0.476. The van der Waals surface area contributed by atoms with Crippen LogP contribution >= 0.6 is 11.8 Å². The number of hydrogen-bond acceptors (Lipinski definition) is 4. The van der Waals surface area contributed by atoms with Gasteiger partial charge in [-0.05, 0) is 50.3 Å². The lowest BCUT2D eigenvalue weighted by atomic mass is 9.97. The molecular weight excluding hydrogens is 372 g/mol. The van der Waals surface area contributed by atoms with Crippen molar-refractivity contribution in [1.82, 2.24) is 9.55 Å². The van der Waals surface area contributed by atoms with Gasteiger partial charge in [0.05, 0.1) is 32.9 Å². The molecule has 150 valence electrons. The molecule has 0 radical (unpaired) electrons. The molecule has 0 spiro atoms. The van der Waals surface area contributed by atoms with Crippen molar-refractivity contribution in [3.05, 3.63) is 51.6 Å². The van der Waals surface area contributed by atoms with Gasteiger partial charge in [0, 0.05) is 16.9 Å². The van der Waals surface area contributed by atoms with Crippen molar-refractivity contribution in [2.75, 3.05) is 31.7 Å². The second-order valence-corrected chi connectivity index (χ2v) is 8.61. The van der Waals surface area contributed by atoms with E-state index in [1.54, 1.807) is 0 Å². The molecule has 1 aliphatic carbocycles. The van der Waals surface area contributed by atoms with E-state index in [1.807, 2.05) is 35.8 Å². The number of hydrogen-bond donors (Lipinski definition) is 2. The Kier molecular flexibility index (Phi) is 6.91. The van der Waals surface area contributed by atoms with Gasteiger partial charge in [0.15, 0.2) is 0 Å². The number of fused-ring (bicyclic) bond motifs is 1. The minimum absolute atomic E-state index is 0.0812. The van der Waals surface area contributed by atoms with E-state index in [4.69, 9.17) is 0 Å². The molecule has 0 unspecified atom stereocenters. The summed E-state index contributed by atoms with van der Waals surface area (Å²) in [6.07, 6.45) is 4.05. The molecule has 0 aliphatic heterocycles. The van der Waals surface area contributed by atoms with E-state index < -0.39 is 0 Å². The first-order valence-corrected chi connectivity index (χ1v) is 10.8. The second-order valence-electron chi connectivity index (χ2n) is 7.65. The molecule has 28 heavy (non-hydrogen) atoms. The number of aryl methyl sites for hydroxylation is 1. The molecule has 6 nitrogen and oxygen atoms in total. The summed E-state index contributed by atoms with van der Waals surface area (Å²) < 4.78 is 1.85. The summed E-state index contributed by atoms with van der Waals surface area (Å²) in [5, 5.41) is 3.65. The second kappa shape index (κ2) is 9.39. The van der Waals surface area contributed by atoms with Crippen LogP contribution in [0.2, 0.25) is 0 Å². The van der Waals surface area contributed by atoms with Gasteiger partial charge < -0.3 is 10.2 Å². The lowest BCUT2D eigenvalue weighted by molar-refractivity contribution is -0.859. The number of aromatic nitrogens is 2. The average Bonchev–Trinajstić information content (AvgIpc) is 2.65. The highest BCUT2D eigenvalue weighted by Crippen LogP contribution is 2.28. The van der Waals surface area contributed by atoms with Gasteiger partial charge in [-0.25, -0.2) is 4.79 Å². The molecule has 1 aliphatic rings. The predicted octanol–water partition coefficient (Wildman–Crippen LogP) is 1.31. The fourth-order valence-electron chi connectivity index (χ4n) is 3.49. The van der Waals surface area contributed by atoms with Gasteiger partial charge in [0.1, 0.15) is 5.03 Å². The first-order chi connectivity index (χ1) is 13.4. The third kappa shape index (κ3) is 5.23. The number of nitrogens with zero attached hydrogens (tertiary/aromatic N) is 2. The molecule has 0 atom stereocenters. The predicted molar refractivity (Wildman–Crippen MR) is 113 cm³/mol. The fourth-order valence-corrected chi connectivity index (χ4v) is 4.36. The van der Waals surface area contributed by atoms with Crippen LogP contribution in [-0.2, 0) is 24.2 Å². The molecule has 2 aromatic rings. The molecule has 2 N–H and O–H groups in total. The topological polar surface area (TPSA) is 68.4 Å². The van der Waals surface area contributed by atoms with Gasteiger partial charge in [0.25, 0.3) is 0 Å². The number of quaternary nitrogens is 1. The first-order valence-electron chi connectivity index (χ1n) is 9.85. The molecule has 1 amide bonds. The number of carbonyl (C=O) groups is 1. The van der Waals surface area contributed by atoms with Crippen LogP contribution in [0.5, 0.6) is 0 Å². The number of rotatable bonds is 7. The van der Waals surface area contributed by atoms with Gasteiger partial charge in [-0.15, -0.1) is 0 Å². The van der Waals surface area contributed by atoms with Gasteiger partial charge in [0.2, 0.25) is 5.91 Å². The van der Waals surface area contributed by atoms with E-state index in [2.05, 4.69) is 24.4 Å². The lowest BCUT2D eigenvalue weighted by Crippen LogP contribution is -3.06. The van der Waals surface area contributed by atoms with Gasteiger partial charge >= 0.3 is 5.69 Å². The number of carbonyl (C=O) groups excluding carboxylic acids is 1. The monoisotopic (exact) mass is 401 g/mol. The molecular formula is C21H29N4O2S+. The number of likely N-dealkylation sites (N-methyl/N-ethyl adjacent to an activating group) is 1. The summed E-state index contributed by atoms with van der Waals surface area (Å²) in [5.41, 5.74) is 3.98. The van der Waals surface area contributed by atoms with Crippen molar-refractivity contribution < 1.29 is 9.69 Å². The minimum atomic E-state index is -0.191. The normalized spacial score (nSPS) is 13.4. The average molecular weight is 402 g/mol. The maximum Gasteiger partial charge on any atom is 0.349 e. The van der Waals surface area contributed by atoms with Crippen LogP contribution in [-0.4, -0.2) is 41.9 Å². The minimum Gasteiger partial charge on any atom is -0.338 e. The molecule has 1 heterocycles. The van der Waals surface area contributed by atoms with Crippen molar-refractivity contribution in [2.45, 2.75) is 44.2 Å². The molecule has 0 fully saturated rings. The first kappa shape index (κ1) is 20.6. The van der Waals surface area contributed by atoms with E-state index in [0.717, 1.165) is 59.8 Å². The summed E-state index contributed by atoms with van der Waals surface area (Å²) >= 11 is 1.37. The standard InChI is InChI=1S/C21H28N4O2S/c1-15-7-6-8-16(13-15)22-19(26)14-28-20-17-9-4-5-10-18(17)25(21(27)23-20)12-11-24(2)3/h6-8,13H,4-5,9-12,14H2,1-3H3,(H,22,26)/p+1. The molecule has 1 aromatic heterocycles. The van der Waals surface area contributed by atoms with Crippen LogP contribution in [0.1, 0.15) is 29.7 Å². The molecule has 0 saturated heterocycles. The van der Waals surface area contributed by atoms with Crippen LogP contribution in [0, 0.1) is 6.92 Å². The number of amides is 1. The Morgan fingerprint density at radius 1 is 1.29 bits per heavy atom. The Morgan fingerprint density at radius 2 is 2.07 bits per heavy atom. The largest absolute Gasteiger partial charge is 0.349 e. The number of anilines is 1. The quantitative estimate of drug-likeness (QED) is 0.542. The Bertz CT molecular complexity index is 908. The zero-order chi connectivity index (χ0) is 20.1. The zero-order valence-electron chi connectivity index (χ0n) is 16.9.